The molecule has 0 spiro atoms. The quantitative estimate of drug-likeness (QED) is 0.587. The largest absolute Gasteiger partial charge is 0.506 e. The van der Waals surface area contributed by atoms with E-state index in [1.165, 1.54) is 15.9 Å². The number of aromatic nitrogens is 3. The Bertz CT molecular complexity index is 1080. The van der Waals surface area contributed by atoms with Crippen LogP contribution in [-0.4, -0.2) is 19.6 Å². The van der Waals surface area contributed by atoms with Gasteiger partial charge < -0.3 is 5.11 Å². The lowest BCUT2D eigenvalue weighted by atomic mass is 10.2. The smallest absolute Gasteiger partial charge is 0.261 e. The van der Waals surface area contributed by atoms with Crippen LogP contribution >= 0.6 is 11.3 Å². The molecule has 108 valence electrons. The van der Waals surface area contributed by atoms with E-state index in [0.717, 1.165) is 4.83 Å². The van der Waals surface area contributed by atoms with Crippen molar-refractivity contribution in [1.82, 2.24) is 14.5 Å². The molecule has 4 aromatic rings. The van der Waals surface area contributed by atoms with E-state index in [4.69, 9.17) is 0 Å². The number of benzene rings is 1. The molecule has 0 aliphatic heterocycles. The Hall–Kier alpha value is -2.73. The average Bonchev–Trinajstić information content (AvgIpc) is 2.88. The number of para-hydroxylation sites is 1. The third-order valence-corrected chi connectivity index (χ3v) is 4.73. The molecule has 0 radical (unpaired) electrons. The fourth-order valence-electron chi connectivity index (χ4n) is 2.49. The first-order valence-corrected chi connectivity index (χ1v) is 7.51. The summed E-state index contributed by atoms with van der Waals surface area (Å²) in [6, 6.07) is 10.8. The number of fused-ring (bicyclic) bond motifs is 2. The molecule has 0 unspecified atom stereocenters. The number of thiophene rings is 1. The standard InChI is InChI=1S/C16H11N3O2S/c1-19-14(18-11-7-3-2-5-9(11)16(19)21)13-12(20)10-6-4-8-17-15(10)22-13/h2-8,20H,1H3. The van der Waals surface area contributed by atoms with E-state index in [0.29, 0.717) is 27.0 Å². The topological polar surface area (TPSA) is 68.0 Å². The zero-order valence-electron chi connectivity index (χ0n) is 11.6. The molecule has 4 rings (SSSR count). The number of aromatic hydroxyl groups is 1. The van der Waals surface area contributed by atoms with Crippen molar-refractivity contribution >= 4 is 32.5 Å². The van der Waals surface area contributed by atoms with Crippen molar-refractivity contribution in [3.8, 4) is 16.5 Å². The van der Waals surface area contributed by atoms with Crippen molar-refractivity contribution in [1.29, 1.82) is 0 Å². The second kappa shape index (κ2) is 4.64. The third kappa shape index (κ3) is 1.74. The number of nitrogens with zero attached hydrogens (tertiary/aromatic N) is 3. The molecule has 1 N–H and O–H groups in total. The van der Waals surface area contributed by atoms with Crippen LogP contribution in [0.3, 0.4) is 0 Å². The molecular formula is C16H11N3O2S. The van der Waals surface area contributed by atoms with E-state index >= 15 is 0 Å². The van der Waals surface area contributed by atoms with Gasteiger partial charge in [-0.25, -0.2) is 9.97 Å². The van der Waals surface area contributed by atoms with Crippen molar-refractivity contribution in [3.63, 3.8) is 0 Å². The zero-order valence-corrected chi connectivity index (χ0v) is 12.5. The lowest BCUT2D eigenvalue weighted by Crippen LogP contribution is -2.19. The van der Waals surface area contributed by atoms with Crippen molar-refractivity contribution in [2.24, 2.45) is 7.05 Å². The molecule has 0 atom stereocenters. The maximum absolute atomic E-state index is 12.5. The van der Waals surface area contributed by atoms with E-state index < -0.39 is 0 Å². The molecule has 1 aromatic carbocycles. The minimum atomic E-state index is -0.134. The monoisotopic (exact) mass is 309 g/mol. The Labute approximate surface area is 129 Å². The van der Waals surface area contributed by atoms with Crippen molar-refractivity contribution < 1.29 is 5.11 Å². The normalized spacial score (nSPS) is 11.3. The summed E-state index contributed by atoms with van der Waals surface area (Å²) in [7, 11) is 1.66. The van der Waals surface area contributed by atoms with Crippen LogP contribution in [0.15, 0.2) is 47.4 Å². The van der Waals surface area contributed by atoms with Gasteiger partial charge >= 0.3 is 0 Å². The second-order valence-corrected chi connectivity index (χ2v) is 5.95. The molecule has 22 heavy (non-hydrogen) atoms. The molecule has 0 aliphatic rings. The minimum Gasteiger partial charge on any atom is -0.506 e. The molecule has 0 saturated carbocycles. The molecular weight excluding hydrogens is 298 g/mol. The SMILES string of the molecule is Cn1c(-c2sc3ncccc3c2O)nc2ccccc2c1=O. The van der Waals surface area contributed by atoms with E-state index in [9.17, 15) is 9.90 Å². The van der Waals surface area contributed by atoms with Gasteiger partial charge in [-0.3, -0.25) is 9.36 Å². The molecule has 3 heterocycles. The van der Waals surface area contributed by atoms with Gasteiger partial charge in [0.25, 0.3) is 5.56 Å². The summed E-state index contributed by atoms with van der Waals surface area (Å²) in [6.45, 7) is 0. The molecule has 0 amide bonds. The zero-order chi connectivity index (χ0) is 15.3. The summed E-state index contributed by atoms with van der Waals surface area (Å²) < 4.78 is 1.47. The second-order valence-electron chi connectivity index (χ2n) is 4.95. The Kier molecular flexibility index (Phi) is 2.74. The molecule has 6 heteroatoms. The van der Waals surface area contributed by atoms with Crippen LogP contribution in [0.2, 0.25) is 0 Å². The van der Waals surface area contributed by atoms with E-state index in [1.54, 1.807) is 37.5 Å². The van der Waals surface area contributed by atoms with Crippen LogP contribution in [0, 0.1) is 0 Å². The van der Waals surface area contributed by atoms with Gasteiger partial charge in [-0.15, -0.1) is 11.3 Å². The average molecular weight is 309 g/mol. The first kappa shape index (κ1) is 13.0. The van der Waals surface area contributed by atoms with Crippen molar-refractivity contribution in [2.45, 2.75) is 0 Å². The summed E-state index contributed by atoms with van der Waals surface area (Å²) >= 11 is 1.33. The highest BCUT2D eigenvalue weighted by Gasteiger charge is 2.18. The highest BCUT2D eigenvalue weighted by atomic mass is 32.1. The fourth-order valence-corrected chi connectivity index (χ4v) is 3.55. The van der Waals surface area contributed by atoms with Gasteiger partial charge in [0.15, 0.2) is 5.82 Å². The highest BCUT2D eigenvalue weighted by Crippen LogP contribution is 2.41. The van der Waals surface area contributed by atoms with Crippen molar-refractivity contribution in [3.05, 3.63) is 52.9 Å². The minimum absolute atomic E-state index is 0.117. The van der Waals surface area contributed by atoms with Crippen molar-refractivity contribution in [2.75, 3.05) is 0 Å². The van der Waals surface area contributed by atoms with Gasteiger partial charge in [-0.1, -0.05) is 12.1 Å². The van der Waals surface area contributed by atoms with Gasteiger partial charge in [0, 0.05) is 13.2 Å². The van der Waals surface area contributed by atoms with Crippen LogP contribution in [0.25, 0.3) is 31.8 Å². The lowest BCUT2D eigenvalue weighted by Gasteiger charge is -2.07. The Balaban J connectivity index is 2.10. The Morgan fingerprint density at radius 3 is 2.73 bits per heavy atom. The van der Waals surface area contributed by atoms with Crippen LogP contribution in [-0.2, 0) is 7.05 Å². The maximum atomic E-state index is 12.5. The number of pyridine rings is 1. The van der Waals surface area contributed by atoms with E-state index in [1.807, 2.05) is 12.1 Å². The van der Waals surface area contributed by atoms with Gasteiger partial charge in [0.05, 0.1) is 16.3 Å². The fraction of sp³-hybridized carbons (Fsp3) is 0.0625. The predicted octanol–water partition coefficient (Wildman–Crippen LogP) is 2.92. The summed E-state index contributed by atoms with van der Waals surface area (Å²) in [6.07, 6.45) is 1.68. The summed E-state index contributed by atoms with van der Waals surface area (Å²) in [5, 5.41) is 11.7. The number of hydrogen-bond donors (Lipinski definition) is 1. The van der Waals surface area contributed by atoms with Gasteiger partial charge in [-0.2, -0.15) is 0 Å². The molecule has 5 nitrogen and oxygen atoms in total. The highest BCUT2D eigenvalue weighted by molar-refractivity contribution is 7.22. The van der Waals surface area contributed by atoms with Crippen LogP contribution in [0.4, 0.5) is 0 Å². The summed E-state index contributed by atoms with van der Waals surface area (Å²) in [5.41, 5.74) is 0.482. The predicted molar refractivity (Wildman–Crippen MR) is 87.3 cm³/mol. The Morgan fingerprint density at radius 1 is 1.14 bits per heavy atom. The Morgan fingerprint density at radius 2 is 1.91 bits per heavy atom. The first-order valence-electron chi connectivity index (χ1n) is 6.69. The molecule has 0 bridgehead atoms. The summed E-state index contributed by atoms with van der Waals surface area (Å²) in [5.74, 6) is 0.565. The summed E-state index contributed by atoms with van der Waals surface area (Å²) in [4.78, 5) is 22.5. The number of hydrogen-bond acceptors (Lipinski definition) is 5. The van der Waals surface area contributed by atoms with Crippen LogP contribution in [0.1, 0.15) is 0 Å². The molecule has 0 aliphatic carbocycles. The molecule has 0 fully saturated rings. The lowest BCUT2D eigenvalue weighted by molar-refractivity contribution is 0.484. The van der Waals surface area contributed by atoms with Crippen LogP contribution < -0.4 is 5.56 Å². The van der Waals surface area contributed by atoms with Gasteiger partial charge in [0.2, 0.25) is 0 Å². The third-order valence-electron chi connectivity index (χ3n) is 3.63. The van der Waals surface area contributed by atoms with Crippen LogP contribution in [0.5, 0.6) is 5.75 Å². The van der Waals surface area contributed by atoms with Gasteiger partial charge in [-0.05, 0) is 24.3 Å². The first-order chi connectivity index (χ1) is 10.7. The molecule has 0 saturated heterocycles. The van der Waals surface area contributed by atoms with E-state index in [-0.39, 0.29) is 11.3 Å². The maximum Gasteiger partial charge on any atom is 0.261 e. The molecule has 3 aromatic heterocycles. The van der Waals surface area contributed by atoms with E-state index in [2.05, 4.69) is 9.97 Å². The van der Waals surface area contributed by atoms with Gasteiger partial charge in [0.1, 0.15) is 15.5 Å². The number of rotatable bonds is 1.